The molecule has 1 aromatic carbocycles. The van der Waals surface area contributed by atoms with Crippen molar-refractivity contribution in [1.82, 2.24) is 0 Å². The second kappa shape index (κ2) is 13.5. The van der Waals surface area contributed by atoms with Gasteiger partial charge in [-0.25, -0.2) is 4.90 Å². The number of hydrogen-bond donors (Lipinski definition) is 3. The molecule has 2 aromatic rings. The van der Waals surface area contributed by atoms with E-state index >= 15 is 0 Å². The fraction of sp³-hybridized carbons (Fsp3) is 0.500. The van der Waals surface area contributed by atoms with E-state index in [2.05, 4.69) is 0 Å². The molecular weight excluding hydrogens is 608 g/mol. The number of carbonyl (C=O) groups excluding carboxylic acids is 2. The molecule has 2 heterocycles. The number of aliphatic hydroxyl groups excluding tert-OH is 3. The van der Waals surface area contributed by atoms with Crippen molar-refractivity contribution in [3.63, 3.8) is 0 Å². The third-order valence-electron chi connectivity index (χ3n) is 8.49. The van der Waals surface area contributed by atoms with E-state index < -0.39 is 71.4 Å². The Balaban J connectivity index is 1.65. The van der Waals surface area contributed by atoms with Crippen LogP contribution in [-0.2, 0) is 28.5 Å². The summed E-state index contributed by atoms with van der Waals surface area (Å²) in [5.74, 6) is -4.54. The SMILES string of the molecule is CCC/C(=C\c1ccc(CO)o1)CC[C@@H](O)C1=C(CC)C[C@H]2C(=O)N(c3cc(C(F)(F)F)cc(C(F)(F)F)c3)C(=O)[C@H]2[C@H]1CO. The molecule has 45 heavy (non-hydrogen) atoms. The summed E-state index contributed by atoms with van der Waals surface area (Å²) in [7, 11) is 0. The molecule has 0 bridgehead atoms. The summed E-state index contributed by atoms with van der Waals surface area (Å²) in [5.41, 5.74) is -2.28. The minimum atomic E-state index is -5.18. The topological polar surface area (TPSA) is 111 Å². The number of alkyl halides is 6. The number of furan rings is 1. The van der Waals surface area contributed by atoms with Crippen LogP contribution in [0.4, 0.5) is 32.0 Å². The van der Waals surface area contributed by atoms with Crippen LogP contribution < -0.4 is 4.90 Å². The number of fused-ring (bicyclic) bond motifs is 1. The van der Waals surface area contributed by atoms with Gasteiger partial charge in [0, 0.05) is 5.92 Å². The maximum atomic E-state index is 13.7. The zero-order valence-corrected chi connectivity index (χ0v) is 24.7. The van der Waals surface area contributed by atoms with Crippen molar-refractivity contribution in [3.8, 4) is 0 Å². The lowest BCUT2D eigenvalue weighted by atomic mass is 9.67. The molecule has 3 N–H and O–H groups in total. The van der Waals surface area contributed by atoms with Crippen LogP contribution in [-0.4, -0.2) is 39.8 Å². The zero-order chi connectivity index (χ0) is 33.3. The van der Waals surface area contributed by atoms with Gasteiger partial charge < -0.3 is 19.7 Å². The maximum absolute atomic E-state index is 13.7. The molecule has 13 heteroatoms. The van der Waals surface area contributed by atoms with Crippen LogP contribution in [0.5, 0.6) is 0 Å². The van der Waals surface area contributed by atoms with Gasteiger partial charge in [0.15, 0.2) is 0 Å². The highest BCUT2D eigenvalue weighted by Gasteiger charge is 2.55. The van der Waals surface area contributed by atoms with Crippen molar-refractivity contribution in [2.45, 2.75) is 77.4 Å². The molecule has 0 radical (unpaired) electrons. The summed E-state index contributed by atoms with van der Waals surface area (Å²) >= 11 is 0. The fourth-order valence-electron chi connectivity index (χ4n) is 6.45. The minimum absolute atomic E-state index is 0.0375. The standard InChI is InChI=1S/C32H35F6NO6/c1-3-5-17(10-22-7-8-23(15-40)45-22)6-9-26(42)27-18(4-2)11-24-28(25(27)16-41)30(44)39(29(24)43)21-13-19(31(33,34)35)12-20(14-21)32(36,37)38/h7-8,10,12-14,24-26,28,40-42H,3-6,9,11,15-16H2,1-2H3/b17-10+/t24-,25+,26-,28-/m1/s1. The van der Waals surface area contributed by atoms with Crippen molar-refractivity contribution in [3.05, 3.63) is 69.7 Å². The Bertz CT molecular complexity index is 1440. The van der Waals surface area contributed by atoms with Crippen molar-refractivity contribution >= 4 is 23.6 Å². The predicted molar refractivity (Wildman–Crippen MR) is 151 cm³/mol. The number of halogens is 6. The van der Waals surface area contributed by atoms with E-state index in [9.17, 15) is 51.3 Å². The van der Waals surface area contributed by atoms with Crippen molar-refractivity contribution in [2.24, 2.45) is 17.8 Å². The monoisotopic (exact) mass is 643 g/mol. The first-order valence-electron chi connectivity index (χ1n) is 14.7. The van der Waals surface area contributed by atoms with Gasteiger partial charge >= 0.3 is 12.4 Å². The highest BCUT2D eigenvalue weighted by Crippen LogP contribution is 2.49. The fourth-order valence-corrected chi connectivity index (χ4v) is 6.45. The Morgan fingerprint density at radius 1 is 1.00 bits per heavy atom. The largest absolute Gasteiger partial charge is 0.459 e. The third kappa shape index (κ3) is 7.20. The second-order valence-electron chi connectivity index (χ2n) is 11.4. The molecule has 7 nitrogen and oxygen atoms in total. The molecular formula is C32H35F6NO6. The normalized spacial score (nSPS) is 22.0. The third-order valence-corrected chi connectivity index (χ3v) is 8.49. The first kappa shape index (κ1) is 34.5. The molecule has 1 aromatic heterocycles. The van der Waals surface area contributed by atoms with Gasteiger partial charge in [-0.05, 0) is 74.1 Å². The van der Waals surface area contributed by atoms with E-state index in [0.29, 0.717) is 59.0 Å². The summed E-state index contributed by atoms with van der Waals surface area (Å²) in [6.07, 6.45) is -7.35. The number of hydrogen-bond acceptors (Lipinski definition) is 6. The van der Waals surface area contributed by atoms with Gasteiger partial charge in [0.2, 0.25) is 11.8 Å². The molecule has 1 aliphatic carbocycles. The van der Waals surface area contributed by atoms with Gasteiger partial charge in [-0.3, -0.25) is 9.59 Å². The number of aliphatic hydroxyl groups is 3. The lowest BCUT2D eigenvalue weighted by Crippen LogP contribution is -2.39. The molecule has 246 valence electrons. The molecule has 1 fully saturated rings. The average molecular weight is 644 g/mol. The highest BCUT2D eigenvalue weighted by molar-refractivity contribution is 6.22. The van der Waals surface area contributed by atoms with Crippen molar-refractivity contribution in [1.29, 1.82) is 0 Å². The second-order valence-corrected chi connectivity index (χ2v) is 11.4. The zero-order valence-electron chi connectivity index (χ0n) is 24.7. The summed E-state index contributed by atoms with van der Waals surface area (Å²) < 4.78 is 86.8. The lowest BCUT2D eigenvalue weighted by molar-refractivity contribution is -0.143. The number of rotatable bonds is 11. The number of anilines is 1. The van der Waals surface area contributed by atoms with Crippen molar-refractivity contribution < 1.29 is 55.7 Å². The molecule has 2 aliphatic rings. The number of amides is 2. The summed E-state index contributed by atoms with van der Waals surface area (Å²) in [6.45, 7) is 2.80. The van der Waals surface area contributed by atoms with Crippen LogP contribution in [0.1, 0.15) is 75.0 Å². The minimum Gasteiger partial charge on any atom is -0.459 e. The summed E-state index contributed by atoms with van der Waals surface area (Å²) in [6, 6.07) is 3.94. The van der Waals surface area contributed by atoms with Crippen LogP contribution in [0.3, 0.4) is 0 Å². The molecule has 1 saturated heterocycles. The molecule has 0 unspecified atom stereocenters. The number of nitrogens with zero attached hydrogens (tertiary/aromatic N) is 1. The van der Waals surface area contributed by atoms with E-state index in [1.165, 1.54) is 0 Å². The van der Waals surface area contributed by atoms with Gasteiger partial charge in [-0.15, -0.1) is 0 Å². The number of benzene rings is 1. The van der Waals surface area contributed by atoms with E-state index in [1.807, 2.05) is 13.0 Å². The smallest absolute Gasteiger partial charge is 0.416 e. The number of carbonyl (C=O) groups is 2. The Morgan fingerprint density at radius 3 is 2.16 bits per heavy atom. The van der Waals surface area contributed by atoms with Gasteiger partial charge in [-0.1, -0.05) is 31.4 Å². The molecule has 4 atom stereocenters. The molecule has 4 rings (SSSR count). The van der Waals surface area contributed by atoms with E-state index in [-0.39, 0.29) is 25.5 Å². The summed E-state index contributed by atoms with van der Waals surface area (Å²) in [5, 5.41) is 31.1. The predicted octanol–water partition coefficient (Wildman–Crippen LogP) is 6.66. The van der Waals surface area contributed by atoms with Crippen LogP contribution in [0, 0.1) is 17.8 Å². The van der Waals surface area contributed by atoms with Gasteiger partial charge in [0.1, 0.15) is 18.1 Å². The average Bonchev–Trinajstić information content (AvgIpc) is 3.54. The van der Waals surface area contributed by atoms with Gasteiger partial charge in [-0.2, -0.15) is 26.3 Å². The highest BCUT2D eigenvalue weighted by atomic mass is 19.4. The Morgan fingerprint density at radius 2 is 1.64 bits per heavy atom. The quantitative estimate of drug-likeness (QED) is 0.144. The van der Waals surface area contributed by atoms with Crippen LogP contribution in [0.15, 0.2) is 51.5 Å². The van der Waals surface area contributed by atoms with Gasteiger partial charge in [0.25, 0.3) is 0 Å². The van der Waals surface area contributed by atoms with E-state index in [4.69, 9.17) is 4.42 Å². The lowest BCUT2D eigenvalue weighted by Gasteiger charge is -2.36. The van der Waals surface area contributed by atoms with Crippen LogP contribution >= 0.6 is 0 Å². The number of imide groups is 1. The van der Waals surface area contributed by atoms with Crippen LogP contribution in [0.2, 0.25) is 0 Å². The molecule has 0 spiro atoms. The number of allylic oxidation sites excluding steroid dienone is 2. The Hall–Kier alpha value is -3.42. The molecule has 0 saturated carbocycles. The first-order valence-corrected chi connectivity index (χ1v) is 14.7. The van der Waals surface area contributed by atoms with E-state index in [0.717, 1.165) is 12.0 Å². The van der Waals surface area contributed by atoms with Crippen molar-refractivity contribution in [2.75, 3.05) is 11.5 Å². The van der Waals surface area contributed by atoms with Gasteiger partial charge in [0.05, 0.1) is 41.4 Å². The Labute approximate surface area is 255 Å². The van der Waals surface area contributed by atoms with E-state index in [1.54, 1.807) is 19.1 Å². The van der Waals surface area contributed by atoms with Crippen LogP contribution in [0.25, 0.3) is 6.08 Å². The molecule has 2 amide bonds. The first-order chi connectivity index (χ1) is 21.1. The maximum Gasteiger partial charge on any atom is 0.416 e. The Kier molecular flexibility index (Phi) is 10.3. The summed E-state index contributed by atoms with van der Waals surface area (Å²) in [4.78, 5) is 27.5. The molecule has 1 aliphatic heterocycles.